The molecular formula is C17H31BrO2. The summed E-state index contributed by atoms with van der Waals surface area (Å²) >= 11 is 3.41. The third-order valence-electron chi connectivity index (χ3n) is 2.82. The number of ether oxygens (including phenoxy) is 2. The van der Waals surface area contributed by atoms with Gasteiger partial charge in [0.1, 0.15) is 0 Å². The van der Waals surface area contributed by atoms with E-state index in [9.17, 15) is 0 Å². The van der Waals surface area contributed by atoms with Gasteiger partial charge in [-0.2, -0.15) is 0 Å². The van der Waals surface area contributed by atoms with Crippen LogP contribution >= 0.6 is 15.9 Å². The van der Waals surface area contributed by atoms with Gasteiger partial charge < -0.3 is 9.47 Å². The van der Waals surface area contributed by atoms with E-state index < -0.39 is 0 Å². The molecule has 0 fully saturated rings. The predicted molar refractivity (Wildman–Crippen MR) is 90.2 cm³/mol. The fourth-order valence-corrected chi connectivity index (χ4v) is 2.03. The third-order valence-corrected chi connectivity index (χ3v) is 3.38. The minimum Gasteiger partial charge on any atom is -0.353 e. The van der Waals surface area contributed by atoms with Gasteiger partial charge in [-0.1, -0.05) is 36.2 Å². The molecule has 0 aromatic rings. The van der Waals surface area contributed by atoms with Gasteiger partial charge in [-0.25, -0.2) is 0 Å². The van der Waals surface area contributed by atoms with Crippen molar-refractivity contribution in [2.75, 3.05) is 18.5 Å². The van der Waals surface area contributed by atoms with E-state index in [0.717, 1.165) is 57.1 Å². The first-order chi connectivity index (χ1) is 9.85. The molecule has 0 saturated carbocycles. The summed E-state index contributed by atoms with van der Waals surface area (Å²) in [6, 6.07) is 0. The summed E-state index contributed by atoms with van der Waals surface area (Å²) in [4.78, 5) is 0. The maximum Gasteiger partial charge on any atom is 0.157 e. The van der Waals surface area contributed by atoms with Crippen LogP contribution in [0, 0.1) is 11.8 Å². The molecule has 20 heavy (non-hydrogen) atoms. The van der Waals surface area contributed by atoms with Crippen molar-refractivity contribution in [2.24, 2.45) is 0 Å². The van der Waals surface area contributed by atoms with Crippen LogP contribution in [-0.2, 0) is 9.47 Å². The number of rotatable bonds is 13. The molecule has 0 atom stereocenters. The topological polar surface area (TPSA) is 18.5 Å². The van der Waals surface area contributed by atoms with Crippen LogP contribution in [0.4, 0.5) is 0 Å². The Morgan fingerprint density at radius 1 is 0.850 bits per heavy atom. The lowest BCUT2D eigenvalue weighted by molar-refractivity contribution is -0.146. The zero-order chi connectivity index (χ0) is 14.9. The van der Waals surface area contributed by atoms with Crippen LogP contribution in [0.5, 0.6) is 0 Å². The highest BCUT2D eigenvalue weighted by Crippen LogP contribution is 2.10. The van der Waals surface area contributed by atoms with E-state index in [1.54, 1.807) is 0 Å². The Hall–Kier alpha value is -0.0400. The minimum absolute atomic E-state index is 0.0000802. The molecule has 118 valence electrons. The molecular weight excluding hydrogens is 316 g/mol. The molecule has 0 rings (SSSR count). The van der Waals surface area contributed by atoms with E-state index in [0.29, 0.717) is 0 Å². The summed E-state index contributed by atoms with van der Waals surface area (Å²) in [5.41, 5.74) is 0. The molecule has 0 aromatic heterocycles. The summed E-state index contributed by atoms with van der Waals surface area (Å²) in [7, 11) is 0. The largest absolute Gasteiger partial charge is 0.353 e. The Kier molecular flexibility index (Phi) is 17.0. The number of halogens is 1. The smallest absolute Gasteiger partial charge is 0.157 e. The summed E-state index contributed by atoms with van der Waals surface area (Å²) in [5.74, 6) is 6.46. The van der Waals surface area contributed by atoms with E-state index >= 15 is 0 Å². The molecule has 0 N–H and O–H groups in total. The Morgan fingerprint density at radius 3 is 2.00 bits per heavy atom. The number of alkyl halides is 1. The van der Waals surface area contributed by atoms with Crippen LogP contribution in [0.1, 0.15) is 71.6 Å². The molecule has 0 aromatic carbocycles. The van der Waals surface area contributed by atoms with Crippen molar-refractivity contribution in [3.8, 4) is 11.8 Å². The van der Waals surface area contributed by atoms with E-state index in [1.165, 1.54) is 19.3 Å². The van der Waals surface area contributed by atoms with Gasteiger partial charge in [0.15, 0.2) is 6.29 Å². The summed E-state index contributed by atoms with van der Waals surface area (Å²) in [6.07, 6.45) is 9.88. The van der Waals surface area contributed by atoms with Crippen LogP contribution in [0.15, 0.2) is 0 Å². The van der Waals surface area contributed by atoms with Gasteiger partial charge in [-0.3, -0.25) is 0 Å². The SMILES string of the molecule is CCCOC(CCCCCC#CCCCBr)OCCC. The molecule has 0 bridgehead atoms. The number of hydrogen-bond acceptors (Lipinski definition) is 2. The lowest BCUT2D eigenvalue weighted by Gasteiger charge is -2.17. The first kappa shape index (κ1) is 20.0. The maximum atomic E-state index is 5.71. The fourth-order valence-electron chi connectivity index (χ4n) is 1.75. The molecule has 2 nitrogen and oxygen atoms in total. The van der Waals surface area contributed by atoms with Gasteiger partial charge >= 0.3 is 0 Å². The Morgan fingerprint density at radius 2 is 1.45 bits per heavy atom. The number of unbranched alkanes of at least 4 members (excludes halogenated alkanes) is 4. The van der Waals surface area contributed by atoms with Crippen molar-refractivity contribution in [1.82, 2.24) is 0 Å². The first-order valence-corrected chi connectivity index (χ1v) is 9.22. The molecule has 0 saturated heterocycles. The molecule has 0 aliphatic carbocycles. The lowest BCUT2D eigenvalue weighted by atomic mass is 10.1. The highest BCUT2D eigenvalue weighted by atomic mass is 79.9. The minimum atomic E-state index is -0.0000802. The average molecular weight is 347 g/mol. The van der Waals surface area contributed by atoms with E-state index in [-0.39, 0.29) is 6.29 Å². The quantitative estimate of drug-likeness (QED) is 0.195. The van der Waals surface area contributed by atoms with Crippen molar-refractivity contribution in [2.45, 2.75) is 77.9 Å². The second-order valence-corrected chi connectivity index (χ2v) is 5.71. The molecule has 0 spiro atoms. The third kappa shape index (κ3) is 14.4. The Balaban J connectivity index is 3.52. The first-order valence-electron chi connectivity index (χ1n) is 8.10. The van der Waals surface area contributed by atoms with Crippen LogP contribution in [0.3, 0.4) is 0 Å². The van der Waals surface area contributed by atoms with Gasteiger partial charge in [-0.05, 0) is 38.5 Å². The molecule has 0 amide bonds. The van der Waals surface area contributed by atoms with Gasteiger partial charge in [0.05, 0.1) is 0 Å². The lowest BCUT2D eigenvalue weighted by Crippen LogP contribution is -2.18. The molecule has 0 unspecified atom stereocenters. The monoisotopic (exact) mass is 346 g/mol. The van der Waals surface area contributed by atoms with Crippen LogP contribution < -0.4 is 0 Å². The normalized spacial score (nSPS) is 10.6. The summed E-state index contributed by atoms with van der Waals surface area (Å²) < 4.78 is 11.4. The van der Waals surface area contributed by atoms with E-state index in [2.05, 4.69) is 41.6 Å². The highest BCUT2D eigenvalue weighted by Gasteiger charge is 2.07. The summed E-state index contributed by atoms with van der Waals surface area (Å²) in [5, 5.41) is 1.05. The second kappa shape index (κ2) is 17.0. The standard InChI is InChI=1S/C17H31BrO2/c1-3-15-19-17(20-16-4-2)13-11-9-7-5-6-8-10-12-14-18/h17H,3-5,7,9-16H2,1-2H3. The number of hydrogen-bond donors (Lipinski definition) is 0. The van der Waals surface area contributed by atoms with Gasteiger partial charge in [0, 0.05) is 31.4 Å². The molecule has 0 aliphatic heterocycles. The zero-order valence-corrected chi connectivity index (χ0v) is 14.8. The predicted octanol–water partition coefficient (Wildman–Crippen LogP) is 5.29. The molecule has 3 heteroatoms. The van der Waals surface area contributed by atoms with Gasteiger partial charge in [-0.15, -0.1) is 11.8 Å². The average Bonchev–Trinajstić information content (AvgIpc) is 2.47. The van der Waals surface area contributed by atoms with Crippen LogP contribution in [0.25, 0.3) is 0 Å². The van der Waals surface area contributed by atoms with Crippen molar-refractivity contribution in [3.63, 3.8) is 0 Å². The van der Waals surface area contributed by atoms with Crippen molar-refractivity contribution in [1.29, 1.82) is 0 Å². The maximum absolute atomic E-state index is 5.71. The van der Waals surface area contributed by atoms with Crippen LogP contribution in [0.2, 0.25) is 0 Å². The van der Waals surface area contributed by atoms with E-state index in [1.807, 2.05) is 0 Å². The summed E-state index contributed by atoms with van der Waals surface area (Å²) in [6.45, 7) is 5.86. The highest BCUT2D eigenvalue weighted by molar-refractivity contribution is 9.09. The molecule has 0 heterocycles. The van der Waals surface area contributed by atoms with Crippen molar-refractivity contribution >= 4 is 15.9 Å². The Bertz CT molecular complexity index is 237. The molecule has 0 radical (unpaired) electrons. The van der Waals surface area contributed by atoms with Crippen LogP contribution in [-0.4, -0.2) is 24.8 Å². The fraction of sp³-hybridized carbons (Fsp3) is 0.882. The Labute approximate surface area is 134 Å². The zero-order valence-electron chi connectivity index (χ0n) is 13.3. The second-order valence-electron chi connectivity index (χ2n) is 4.92. The van der Waals surface area contributed by atoms with Gasteiger partial charge in [0.2, 0.25) is 0 Å². The van der Waals surface area contributed by atoms with Crippen molar-refractivity contribution in [3.05, 3.63) is 0 Å². The van der Waals surface area contributed by atoms with Gasteiger partial charge in [0.25, 0.3) is 0 Å². The van der Waals surface area contributed by atoms with E-state index in [4.69, 9.17) is 9.47 Å². The molecule has 0 aliphatic rings. The van der Waals surface area contributed by atoms with Crippen molar-refractivity contribution < 1.29 is 9.47 Å².